The molecule has 4 nitrogen and oxygen atoms in total. The second kappa shape index (κ2) is 4.89. The lowest BCUT2D eigenvalue weighted by Crippen LogP contribution is -2.62. The third kappa shape index (κ3) is 5.79. The van der Waals surface area contributed by atoms with Crippen LogP contribution in [0.2, 0.25) is 58.9 Å². The summed E-state index contributed by atoms with van der Waals surface area (Å²) in [6.45, 7) is 18.0. The maximum atomic E-state index is 12.4. The second-order valence-electron chi connectivity index (χ2n) is 7.26. The van der Waals surface area contributed by atoms with Gasteiger partial charge in [-0.05, 0) is 19.6 Å². The van der Waals surface area contributed by atoms with E-state index in [1.54, 1.807) is 3.64 Å². The molecule has 0 aliphatic heterocycles. The number of nitrogens with zero attached hydrogens (tertiary/aromatic N) is 1. The van der Waals surface area contributed by atoms with Crippen molar-refractivity contribution in [3.05, 3.63) is 0 Å². The van der Waals surface area contributed by atoms with Gasteiger partial charge in [-0.15, -0.1) is 0 Å². The van der Waals surface area contributed by atoms with Crippen LogP contribution in [0.15, 0.2) is 0 Å². The highest BCUT2D eigenvalue weighted by Crippen LogP contribution is 2.26. The zero-order chi connectivity index (χ0) is 14.3. The fourth-order valence-corrected chi connectivity index (χ4v) is 18.9. The molecule has 0 amide bonds. The van der Waals surface area contributed by atoms with Crippen molar-refractivity contribution in [1.29, 1.82) is 0 Å². The minimum atomic E-state index is -3.58. The lowest BCUT2D eigenvalue weighted by atomic mass is 11.8. The highest BCUT2D eigenvalue weighted by molar-refractivity contribution is 7.88. The minimum Gasteiger partial charge on any atom is -0.305 e. The number of rotatable bonds is 5. The third-order valence-corrected chi connectivity index (χ3v) is 16.2. The van der Waals surface area contributed by atoms with E-state index in [4.69, 9.17) is 3.87 Å². The molecule has 17 heavy (non-hydrogen) atoms. The van der Waals surface area contributed by atoms with Crippen molar-refractivity contribution in [2.75, 3.05) is 0 Å². The maximum absolute atomic E-state index is 12.4. The highest BCUT2D eigenvalue weighted by Gasteiger charge is 2.45. The molecule has 0 radical (unpaired) electrons. The van der Waals surface area contributed by atoms with Crippen LogP contribution in [0.25, 0.3) is 0 Å². The summed E-state index contributed by atoms with van der Waals surface area (Å²) in [7, 11) is -9.58. The zero-order valence-electron chi connectivity index (χ0n) is 12.6. The van der Waals surface area contributed by atoms with Crippen LogP contribution in [0.1, 0.15) is 0 Å². The number of hydrogen-bond donors (Lipinski definition) is 0. The Morgan fingerprint density at radius 3 is 1.24 bits per heavy atom. The predicted octanol–water partition coefficient (Wildman–Crippen LogP) is 3.05. The molecule has 0 aliphatic carbocycles. The molecule has 0 aliphatic rings. The topological polar surface area (TPSA) is 46.6 Å². The summed E-state index contributed by atoms with van der Waals surface area (Å²) in [5.41, 5.74) is 0. The molecule has 0 fully saturated rings. The van der Waals surface area contributed by atoms with Crippen molar-refractivity contribution in [3.8, 4) is 0 Å². The molecule has 0 atom stereocenters. The van der Waals surface area contributed by atoms with Gasteiger partial charge in [0.2, 0.25) is 8.32 Å². The van der Waals surface area contributed by atoms with Gasteiger partial charge in [0.05, 0.1) is 0 Å². The van der Waals surface area contributed by atoms with E-state index >= 15 is 0 Å². The minimum absolute atomic E-state index is 1.73. The summed E-state index contributed by atoms with van der Waals surface area (Å²) in [6, 6.07) is 0. The molecule has 0 saturated heterocycles. The van der Waals surface area contributed by atoms with Gasteiger partial charge in [0.1, 0.15) is 16.5 Å². The van der Waals surface area contributed by atoms with Gasteiger partial charge in [-0.1, -0.05) is 39.3 Å². The van der Waals surface area contributed by atoms with Crippen LogP contribution in [-0.2, 0) is 14.2 Å². The zero-order valence-corrected chi connectivity index (χ0v) is 16.4. The van der Waals surface area contributed by atoms with Crippen LogP contribution in [0.5, 0.6) is 0 Å². The smallest absolute Gasteiger partial charge is 0.305 e. The van der Waals surface area contributed by atoms with Gasteiger partial charge < -0.3 is 3.87 Å². The molecule has 0 aromatic heterocycles. The average Bonchev–Trinajstić information content (AvgIpc) is 1.66. The van der Waals surface area contributed by atoms with Crippen LogP contribution in [-0.4, -0.2) is 36.8 Å². The van der Waals surface area contributed by atoms with Crippen LogP contribution in [0, 0.1) is 0 Å². The Morgan fingerprint density at radius 2 is 1.06 bits per heavy atom. The normalized spacial score (nSPS) is 15.4. The first-order valence-corrected chi connectivity index (χ1v) is 17.5. The van der Waals surface area contributed by atoms with Crippen molar-refractivity contribution in [2.45, 2.75) is 58.9 Å². The largest absolute Gasteiger partial charge is 0.316 e. The van der Waals surface area contributed by atoms with Gasteiger partial charge in [-0.25, -0.2) is 3.64 Å². The summed E-state index contributed by atoms with van der Waals surface area (Å²) in [4.78, 5) is 0. The van der Waals surface area contributed by atoms with E-state index in [0.29, 0.717) is 0 Å². The monoisotopic (exact) mass is 313 g/mol. The molecule has 104 valence electrons. The van der Waals surface area contributed by atoms with Crippen LogP contribution >= 0.6 is 0 Å². The van der Waals surface area contributed by atoms with Gasteiger partial charge in [-0.3, -0.25) is 0 Å². The van der Waals surface area contributed by atoms with Gasteiger partial charge in [-0.2, -0.15) is 8.42 Å². The van der Waals surface area contributed by atoms with E-state index in [1.165, 1.54) is 0 Å². The molecule has 0 aromatic carbocycles. The van der Waals surface area contributed by atoms with Crippen molar-refractivity contribution in [3.63, 3.8) is 0 Å². The van der Waals surface area contributed by atoms with E-state index < -0.39 is 35.1 Å². The molecule has 0 N–H and O–H groups in total. The molecule has 0 saturated carbocycles. The Kier molecular flexibility index (Phi) is 5.04. The molecule has 0 spiro atoms. The molecule has 0 rings (SSSR count). The lowest BCUT2D eigenvalue weighted by Gasteiger charge is -2.42. The average molecular weight is 314 g/mol. The first-order chi connectivity index (χ1) is 7.07. The van der Waals surface area contributed by atoms with E-state index in [-0.39, 0.29) is 0 Å². The van der Waals surface area contributed by atoms with E-state index in [1.807, 2.05) is 19.6 Å². The first kappa shape index (κ1) is 17.5. The van der Waals surface area contributed by atoms with Gasteiger partial charge in [0.15, 0.2) is 0 Å². The Morgan fingerprint density at radius 1 is 0.765 bits per heavy atom. The second-order valence-corrected chi connectivity index (χ2v) is 24.0. The van der Waals surface area contributed by atoms with Crippen LogP contribution < -0.4 is 0 Å². The molecule has 0 heterocycles. The van der Waals surface area contributed by atoms with Crippen molar-refractivity contribution < 1.29 is 12.3 Å². The summed E-state index contributed by atoms with van der Waals surface area (Å²) < 4.78 is 32.1. The fraction of sp³-hybridized carbons (Fsp3) is 1.00. The van der Waals surface area contributed by atoms with Gasteiger partial charge in [0, 0.05) is 0 Å². The molecule has 0 bridgehead atoms. The quantitative estimate of drug-likeness (QED) is 0.733. The SMILES string of the molecule is C[Si](C)(C)OS(=O)(=O)N([Si](C)(C)C)[Si](C)(C)C. The molecule has 0 aromatic rings. The van der Waals surface area contributed by atoms with Crippen molar-refractivity contribution in [2.24, 2.45) is 0 Å². The number of hydrogen-bond acceptors (Lipinski definition) is 3. The summed E-state index contributed by atoms with van der Waals surface area (Å²) in [5, 5.41) is 0. The highest BCUT2D eigenvalue weighted by atomic mass is 32.2. The van der Waals surface area contributed by atoms with E-state index in [9.17, 15) is 8.42 Å². The summed E-state index contributed by atoms with van der Waals surface area (Å²) >= 11 is 0. The molecular weight excluding hydrogens is 286 g/mol. The Hall–Kier alpha value is 0.521. The summed E-state index contributed by atoms with van der Waals surface area (Å²) in [5.74, 6) is 0. The van der Waals surface area contributed by atoms with Crippen LogP contribution in [0.4, 0.5) is 0 Å². The lowest BCUT2D eigenvalue weighted by molar-refractivity contribution is 0.459. The Bertz CT molecular complexity index is 348. The Balaban J connectivity index is 5.52. The summed E-state index contributed by atoms with van der Waals surface area (Å²) in [6.07, 6.45) is 0. The predicted molar refractivity (Wildman–Crippen MR) is 81.9 cm³/mol. The van der Waals surface area contributed by atoms with E-state index in [0.717, 1.165) is 0 Å². The van der Waals surface area contributed by atoms with Gasteiger partial charge in [0.25, 0.3) is 0 Å². The van der Waals surface area contributed by atoms with Gasteiger partial charge >= 0.3 is 10.3 Å². The van der Waals surface area contributed by atoms with Crippen molar-refractivity contribution in [1.82, 2.24) is 3.64 Å². The molecular formula is C9H27NO3SSi3. The standard InChI is InChI=1S/C9H27NO3SSi3/c1-15(2,3)10(16(4,5)6)14(11,12)13-17(7,8)9/h1-9H3. The molecule has 0 unspecified atom stereocenters. The molecule has 8 heteroatoms. The fourth-order valence-electron chi connectivity index (χ4n) is 2.03. The Labute approximate surface area is 110 Å². The van der Waals surface area contributed by atoms with E-state index in [2.05, 4.69) is 39.3 Å². The third-order valence-electron chi connectivity index (χ3n) is 1.80. The van der Waals surface area contributed by atoms with Crippen molar-refractivity contribution >= 4 is 35.1 Å². The van der Waals surface area contributed by atoms with Crippen LogP contribution in [0.3, 0.4) is 0 Å². The first-order valence-electron chi connectivity index (χ1n) is 5.83. The maximum Gasteiger partial charge on any atom is 0.316 e.